The molecule has 154 valence electrons. The lowest BCUT2D eigenvalue weighted by Gasteiger charge is -2.07. The molecule has 0 saturated carbocycles. The van der Waals surface area contributed by atoms with Crippen molar-refractivity contribution in [2.24, 2.45) is 0 Å². The van der Waals surface area contributed by atoms with Gasteiger partial charge in [-0.15, -0.1) is 0 Å². The van der Waals surface area contributed by atoms with Crippen molar-refractivity contribution in [2.75, 3.05) is 11.1 Å². The van der Waals surface area contributed by atoms with Gasteiger partial charge in [0.05, 0.1) is 22.5 Å². The maximum absolute atomic E-state index is 12.1. The van der Waals surface area contributed by atoms with Gasteiger partial charge in [0.1, 0.15) is 11.5 Å². The maximum atomic E-state index is 12.1. The lowest BCUT2D eigenvalue weighted by molar-refractivity contribution is -0.113. The molecule has 31 heavy (non-hydrogen) atoms. The summed E-state index contributed by atoms with van der Waals surface area (Å²) in [6, 6.07) is 21.5. The number of aromatic amines is 1. The van der Waals surface area contributed by atoms with Crippen LogP contribution in [0.25, 0.3) is 21.8 Å². The highest BCUT2D eigenvalue weighted by molar-refractivity contribution is 7.99. The number of carbonyl (C=O) groups excluding carboxylic acids is 1. The van der Waals surface area contributed by atoms with Gasteiger partial charge in [0, 0.05) is 12.1 Å². The molecule has 0 aliphatic rings. The van der Waals surface area contributed by atoms with Crippen LogP contribution in [0.5, 0.6) is 11.5 Å². The number of benzene rings is 3. The van der Waals surface area contributed by atoms with E-state index in [1.807, 2.05) is 48.5 Å². The Balaban J connectivity index is 1.26. The molecule has 5 rings (SSSR count). The van der Waals surface area contributed by atoms with Gasteiger partial charge >= 0.3 is 0 Å². The number of aromatic nitrogens is 3. The van der Waals surface area contributed by atoms with Crippen LogP contribution in [-0.4, -0.2) is 26.8 Å². The van der Waals surface area contributed by atoms with Crippen molar-refractivity contribution in [3.8, 4) is 11.5 Å². The van der Waals surface area contributed by atoms with E-state index in [4.69, 9.17) is 9.26 Å². The fraction of sp³-hybridized carbons (Fsp3) is 0.0870. The van der Waals surface area contributed by atoms with Crippen LogP contribution in [0.4, 0.5) is 5.88 Å². The molecule has 3 aromatic carbocycles. The van der Waals surface area contributed by atoms with Gasteiger partial charge in [-0.05, 0) is 42.0 Å². The zero-order valence-electron chi connectivity index (χ0n) is 16.6. The van der Waals surface area contributed by atoms with Crippen LogP contribution < -0.4 is 10.1 Å². The number of anilines is 1. The lowest BCUT2D eigenvalue weighted by Crippen LogP contribution is -2.13. The Hall–Kier alpha value is -3.78. The third-order valence-electron chi connectivity index (χ3n) is 4.62. The van der Waals surface area contributed by atoms with E-state index in [0.29, 0.717) is 22.5 Å². The van der Waals surface area contributed by atoms with Crippen molar-refractivity contribution in [1.82, 2.24) is 15.1 Å². The SMILES string of the molecule is Cc1cc(NC(=O)CSc2nc3ccc(Oc4ccc5ccccc5c4)cc3[nH]2)on1. The number of thioether (sulfide) groups is 1. The summed E-state index contributed by atoms with van der Waals surface area (Å²) in [6.45, 7) is 1.79. The second kappa shape index (κ2) is 8.16. The first kappa shape index (κ1) is 19.2. The summed E-state index contributed by atoms with van der Waals surface area (Å²) in [5.74, 6) is 1.82. The Morgan fingerprint density at radius 1 is 1.06 bits per heavy atom. The van der Waals surface area contributed by atoms with E-state index in [1.165, 1.54) is 17.1 Å². The van der Waals surface area contributed by atoms with Crippen LogP contribution in [0.2, 0.25) is 0 Å². The van der Waals surface area contributed by atoms with Gasteiger partial charge in [-0.3, -0.25) is 10.1 Å². The van der Waals surface area contributed by atoms with Gasteiger partial charge in [-0.25, -0.2) is 4.98 Å². The number of nitrogens with one attached hydrogen (secondary N) is 2. The zero-order valence-corrected chi connectivity index (χ0v) is 17.4. The zero-order chi connectivity index (χ0) is 21.2. The summed E-state index contributed by atoms with van der Waals surface area (Å²) < 4.78 is 11.0. The molecule has 0 unspecified atom stereocenters. The van der Waals surface area contributed by atoms with Crippen molar-refractivity contribution < 1.29 is 14.1 Å². The monoisotopic (exact) mass is 430 g/mol. The van der Waals surface area contributed by atoms with Crippen molar-refractivity contribution >= 4 is 45.4 Å². The third kappa shape index (κ3) is 4.39. The fourth-order valence-electron chi connectivity index (χ4n) is 3.19. The number of rotatable bonds is 6. The predicted molar refractivity (Wildman–Crippen MR) is 121 cm³/mol. The van der Waals surface area contributed by atoms with E-state index < -0.39 is 0 Å². The Bertz CT molecular complexity index is 1390. The fourth-order valence-corrected chi connectivity index (χ4v) is 3.88. The van der Waals surface area contributed by atoms with E-state index in [9.17, 15) is 4.79 Å². The van der Waals surface area contributed by atoms with E-state index >= 15 is 0 Å². The first-order chi connectivity index (χ1) is 15.1. The highest BCUT2D eigenvalue weighted by Gasteiger charge is 2.10. The van der Waals surface area contributed by atoms with E-state index in [1.54, 1.807) is 13.0 Å². The van der Waals surface area contributed by atoms with Crippen LogP contribution in [0.3, 0.4) is 0 Å². The Morgan fingerprint density at radius 2 is 1.87 bits per heavy atom. The molecular formula is C23H18N4O3S. The molecule has 5 aromatic rings. The summed E-state index contributed by atoms with van der Waals surface area (Å²) in [6.07, 6.45) is 0. The van der Waals surface area contributed by atoms with Crippen molar-refractivity contribution in [3.63, 3.8) is 0 Å². The molecule has 2 aromatic heterocycles. The number of aryl methyl sites for hydroxylation is 1. The van der Waals surface area contributed by atoms with Crippen molar-refractivity contribution in [3.05, 3.63) is 72.4 Å². The third-order valence-corrected chi connectivity index (χ3v) is 5.49. The molecule has 0 spiro atoms. The summed E-state index contributed by atoms with van der Waals surface area (Å²) in [4.78, 5) is 19.8. The standard InChI is InChI=1S/C23H18N4O3S/c1-14-10-22(30-27-14)26-21(28)13-31-23-24-19-9-8-18(12-20(19)25-23)29-17-7-6-15-4-2-3-5-16(15)11-17/h2-12H,13H2,1H3,(H,24,25)(H,26,28). The van der Waals surface area contributed by atoms with Crippen LogP contribution in [0.1, 0.15) is 5.69 Å². The molecule has 0 aliphatic heterocycles. The smallest absolute Gasteiger partial charge is 0.237 e. The quantitative estimate of drug-likeness (QED) is 0.344. The number of ether oxygens (including phenoxy) is 1. The van der Waals surface area contributed by atoms with Crippen molar-refractivity contribution in [2.45, 2.75) is 12.1 Å². The van der Waals surface area contributed by atoms with Gasteiger partial charge in [-0.2, -0.15) is 0 Å². The largest absolute Gasteiger partial charge is 0.457 e. The number of imidazole rings is 1. The summed E-state index contributed by atoms with van der Waals surface area (Å²) in [5, 5.41) is 9.36. The molecule has 0 fully saturated rings. The minimum Gasteiger partial charge on any atom is -0.457 e. The van der Waals surface area contributed by atoms with Gasteiger partial charge in [0.2, 0.25) is 11.8 Å². The van der Waals surface area contributed by atoms with Gasteiger partial charge in [-0.1, -0.05) is 47.3 Å². The molecule has 2 N–H and O–H groups in total. The van der Waals surface area contributed by atoms with Crippen LogP contribution in [0.15, 0.2) is 76.4 Å². The van der Waals surface area contributed by atoms with Gasteiger partial charge in [0.15, 0.2) is 5.16 Å². The number of nitrogens with zero attached hydrogens (tertiary/aromatic N) is 2. The normalized spacial score (nSPS) is 11.1. The molecule has 1 amide bonds. The Labute approximate surface area is 181 Å². The number of fused-ring (bicyclic) bond motifs is 2. The molecule has 0 atom stereocenters. The second-order valence-corrected chi connectivity index (χ2v) is 7.97. The number of amides is 1. The van der Waals surface area contributed by atoms with Crippen LogP contribution >= 0.6 is 11.8 Å². The minimum absolute atomic E-state index is 0.193. The maximum Gasteiger partial charge on any atom is 0.237 e. The van der Waals surface area contributed by atoms with Crippen LogP contribution in [-0.2, 0) is 4.79 Å². The summed E-state index contributed by atoms with van der Waals surface area (Å²) in [7, 11) is 0. The summed E-state index contributed by atoms with van der Waals surface area (Å²) in [5.41, 5.74) is 2.36. The number of hydrogen-bond acceptors (Lipinski definition) is 6. The van der Waals surface area contributed by atoms with Crippen LogP contribution in [0, 0.1) is 6.92 Å². The van der Waals surface area contributed by atoms with Gasteiger partial charge in [0.25, 0.3) is 0 Å². The number of hydrogen-bond donors (Lipinski definition) is 2. The highest BCUT2D eigenvalue weighted by Crippen LogP contribution is 2.28. The molecule has 0 saturated heterocycles. The Morgan fingerprint density at radius 3 is 2.71 bits per heavy atom. The second-order valence-electron chi connectivity index (χ2n) is 7.00. The topological polar surface area (TPSA) is 93.0 Å². The molecule has 0 bridgehead atoms. The molecule has 2 heterocycles. The average molecular weight is 430 g/mol. The first-order valence-electron chi connectivity index (χ1n) is 9.65. The number of H-pyrrole nitrogens is 1. The molecular weight excluding hydrogens is 412 g/mol. The molecule has 8 heteroatoms. The Kier molecular flexibility index (Phi) is 5.05. The number of carbonyl (C=O) groups is 1. The highest BCUT2D eigenvalue weighted by atomic mass is 32.2. The average Bonchev–Trinajstić information content (AvgIpc) is 3.37. The molecule has 0 aliphatic carbocycles. The molecule has 0 radical (unpaired) electrons. The molecule has 7 nitrogen and oxygen atoms in total. The van der Waals surface area contributed by atoms with E-state index in [0.717, 1.165) is 22.2 Å². The lowest BCUT2D eigenvalue weighted by atomic mass is 10.1. The predicted octanol–water partition coefficient (Wildman–Crippen LogP) is 5.54. The first-order valence-corrected chi connectivity index (χ1v) is 10.6. The van der Waals surface area contributed by atoms with Gasteiger partial charge < -0.3 is 14.2 Å². The van der Waals surface area contributed by atoms with E-state index in [-0.39, 0.29) is 11.7 Å². The van der Waals surface area contributed by atoms with E-state index in [2.05, 4.69) is 32.6 Å². The summed E-state index contributed by atoms with van der Waals surface area (Å²) >= 11 is 1.31. The van der Waals surface area contributed by atoms with Crippen molar-refractivity contribution in [1.29, 1.82) is 0 Å². The minimum atomic E-state index is -0.193.